The van der Waals surface area contributed by atoms with E-state index in [1.54, 1.807) is 7.05 Å². The quantitative estimate of drug-likeness (QED) is 0.821. The fraction of sp³-hybridized carbons (Fsp3) is 0.500. The van der Waals surface area contributed by atoms with Crippen LogP contribution in [0.5, 0.6) is 0 Å². The summed E-state index contributed by atoms with van der Waals surface area (Å²) >= 11 is 0. The van der Waals surface area contributed by atoms with Gasteiger partial charge in [0.1, 0.15) is 5.69 Å². The van der Waals surface area contributed by atoms with Crippen molar-refractivity contribution in [2.45, 2.75) is 31.9 Å². The van der Waals surface area contributed by atoms with E-state index in [9.17, 15) is 18.0 Å². The number of halogens is 4. The van der Waals surface area contributed by atoms with Gasteiger partial charge in [0, 0.05) is 13.0 Å². The van der Waals surface area contributed by atoms with E-state index in [4.69, 9.17) is 0 Å². The number of anilines is 1. The maximum absolute atomic E-state index is 12.7. The van der Waals surface area contributed by atoms with Gasteiger partial charge in [0.2, 0.25) is 5.95 Å². The first-order valence-electron chi connectivity index (χ1n) is 8.23. The van der Waals surface area contributed by atoms with Crippen LogP contribution >= 0.6 is 12.4 Å². The van der Waals surface area contributed by atoms with Gasteiger partial charge in [-0.1, -0.05) is 0 Å². The number of nitrogens with one attached hydrogen (secondary N) is 2. The Labute approximate surface area is 160 Å². The van der Waals surface area contributed by atoms with Gasteiger partial charge >= 0.3 is 6.18 Å². The Morgan fingerprint density at radius 2 is 1.93 bits per heavy atom. The highest BCUT2D eigenvalue weighted by molar-refractivity contribution is 6.04. The van der Waals surface area contributed by atoms with Gasteiger partial charge in [-0.2, -0.15) is 23.3 Å². The SMILES string of the molecule is Cc1nc(C(F)(F)F)ccc1C(=O)Nc1nc(C2CCNCC2)nn1C.Cl. The van der Waals surface area contributed by atoms with Crippen LogP contribution in [0.1, 0.15) is 46.3 Å². The van der Waals surface area contributed by atoms with Gasteiger partial charge in [-0.3, -0.25) is 10.1 Å². The maximum atomic E-state index is 12.7. The van der Waals surface area contributed by atoms with E-state index >= 15 is 0 Å². The van der Waals surface area contributed by atoms with Crippen LogP contribution in [0.15, 0.2) is 12.1 Å². The van der Waals surface area contributed by atoms with E-state index in [2.05, 4.69) is 25.7 Å². The molecule has 1 fully saturated rings. The molecule has 0 bridgehead atoms. The van der Waals surface area contributed by atoms with Gasteiger partial charge in [0.25, 0.3) is 5.91 Å². The highest BCUT2D eigenvalue weighted by Gasteiger charge is 2.33. The molecule has 3 heterocycles. The van der Waals surface area contributed by atoms with Crippen molar-refractivity contribution in [3.63, 3.8) is 0 Å². The molecule has 1 aliphatic heterocycles. The Kier molecular flexibility index (Phi) is 6.42. The Balaban J connectivity index is 0.00000261. The number of alkyl halides is 3. The van der Waals surface area contributed by atoms with Crippen molar-refractivity contribution in [2.75, 3.05) is 18.4 Å². The van der Waals surface area contributed by atoms with Crippen molar-refractivity contribution < 1.29 is 18.0 Å². The van der Waals surface area contributed by atoms with Crippen molar-refractivity contribution in [3.8, 4) is 0 Å². The minimum Gasteiger partial charge on any atom is -0.317 e. The molecule has 0 aromatic carbocycles. The third-order valence-electron chi connectivity index (χ3n) is 4.33. The molecule has 3 rings (SSSR count). The number of hydrogen-bond donors (Lipinski definition) is 2. The third-order valence-corrected chi connectivity index (χ3v) is 4.33. The Bertz CT molecular complexity index is 817. The van der Waals surface area contributed by atoms with Gasteiger partial charge in [0.05, 0.1) is 11.3 Å². The zero-order valence-corrected chi connectivity index (χ0v) is 15.6. The first kappa shape index (κ1) is 21.1. The van der Waals surface area contributed by atoms with Crippen LogP contribution in [0.2, 0.25) is 0 Å². The molecule has 1 amide bonds. The fourth-order valence-corrected chi connectivity index (χ4v) is 2.89. The molecule has 0 saturated carbocycles. The zero-order valence-electron chi connectivity index (χ0n) is 14.8. The monoisotopic (exact) mass is 404 g/mol. The predicted octanol–water partition coefficient (Wildman–Crippen LogP) is 2.68. The highest BCUT2D eigenvalue weighted by atomic mass is 35.5. The molecular formula is C16H20ClF3N6O. The number of pyridine rings is 1. The highest BCUT2D eigenvalue weighted by Crippen LogP contribution is 2.28. The Hall–Kier alpha value is -2.20. The van der Waals surface area contributed by atoms with Crippen LogP contribution in [0, 0.1) is 6.92 Å². The molecule has 1 aliphatic rings. The summed E-state index contributed by atoms with van der Waals surface area (Å²) in [6.07, 6.45) is -2.72. The lowest BCUT2D eigenvalue weighted by molar-refractivity contribution is -0.141. The van der Waals surface area contributed by atoms with Crippen LogP contribution in [0.3, 0.4) is 0 Å². The molecule has 1 saturated heterocycles. The first-order chi connectivity index (χ1) is 12.3. The van der Waals surface area contributed by atoms with Gasteiger partial charge in [-0.05, 0) is 45.0 Å². The Morgan fingerprint density at radius 3 is 2.52 bits per heavy atom. The van der Waals surface area contributed by atoms with Crippen molar-refractivity contribution in [3.05, 3.63) is 34.9 Å². The number of carbonyl (C=O) groups is 1. The molecule has 148 valence electrons. The van der Waals surface area contributed by atoms with Crippen LogP contribution in [-0.2, 0) is 13.2 Å². The molecular weight excluding hydrogens is 385 g/mol. The molecule has 11 heteroatoms. The summed E-state index contributed by atoms with van der Waals surface area (Å²) in [4.78, 5) is 20.3. The largest absolute Gasteiger partial charge is 0.433 e. The molecule has 0 radical (unpaired) electrons. The second-order valence-corrected chi connectivity index (χ2v) is 6.22. The molecule has 0 atom stereocenters. The smallest absolute Gasteiger partial charge is 0.317 e. The number of amides is 1. The number of aromatic nitrogens is 4. The Morgan fingerprint density at radius 1 is 1.26 bits per heavy atom. The molecule has 2 N–H and O–H groups in total. The average Bonchev–Trinajstić information content (AvgIpc) is 2.95. The molecule has 0 spiro atoms. The summed E-state index contributed by atoms with van der Waals surface area (Å²) < 4.78 is 39.5. The lowest BCUT2D eigenvalue weighted by atomic mass is 9.98. The summed E-state index contributed by atoms with van der Waals surface area (Å²) in [6, 6.07) is 1.91. The van der Waals surface area contributed by atoms with Crippen LogP contribution < -0.4 is 10.6 Å². The maximum Gasteiger partial charge on any atom is 0.433 e. The molecule has 0 aliphatic carbocycles. The van der Waals surface area contributed by atoms with Gasteiger partial charge in [-0.25, -0.2) is 9.67 Å². The summed E-state index contributed by atoms with van der Waals surface area (Å²) in [6.45, 7) is 3.14. The normalized spacial score (nSPS) is 15.3. The third kappa shape index (κ3) is 4.75. The van der Waals surface area contributed by atoms with E-state index < -0.39 is 17.8 Å². The summed E-state index contributed by atoms with van der Waals surface area (Å²) in [5.74, 6) is 0.563. The molecule has 0 unspecified atom stereocenters. The number of piperidine rings is 1. The summed E-state index contributed by atoms with van der Waals surface area (Å²) in [5, 5.41) is 10.2. The lowest BCUT2D eigenvalue weighted by Gasteiger charge is -2.19. The standard InChI is InChI=1S/C16H19F3N6O.ClH/c1-9-11(3-4-12(21-9)16(17,18)19)14(26)23-15-22-13(24-25(15)2)10-5-7-20-8-6-10;/h3-4,10,20H,5-8H2,1-2H3,(H,22,23,24,26);1H. The molecule has 27 heavy (non-hydrogen) atoms. The van der Waals surface area contributed by atoms with Crippen LogP contribution in [-0.4, -0.2) is 38.7 Å². The van der Waals surface area contributed by atoms with Gasteiger partial charge in [-0.15, -0.1) is 12.4 Å². The topological polar surface area (TPSA) is 84.7 Å². The second kappa shape index (κ2) is 8.22. The van der Waals surface area contributed by atoms with E-state index in [0.29, 0.717) is 5.82 Å². The number of hydrogen-bond acceptors (Lipinski definition) is 5. The number of carbonyl (C=O) groups excluding carboxylic acids is 1. The van der Waals surface area contributed by atoms with Crippen molar-refractivity contribution in [1.29, 1.82) is 0 Å². The lowest BCUT2D eigenvalue weighted by Crippen LogP contribution is -2.27. The molecule has 7 nitrogen and oxygen atoms in total. The summed E-state index contributed by atoms with van der Waals surface area (Å²) in [7, 11) is 1.66. The minimum absolute atomic E-state index is 0. The first-order valence-corrected chi connectivity index (χ1v) is 8.23. The van der Waals surface area contributed by atoms with Gasteiger partial charge < -0.3 is 5.32 Å². The fourth-order valence-electron chi connectivity index (χ4n) is 2.89. The van der Waals surface area contributed by atoms with Gasteiger partial charge in [0.15, 0.2) is 5.82 Å². The van der Waals surface area contributed by atoms with E-state index in [-0.39, 0.29) is 35.5 Å². The number of rotatable bonds is 3. The van der Waals surface area contributed by atoms with E-state index in [1.165, 1.54) is 11.6 Å². The summed E-state index contributed by atoms with van der Waals surface area (Å²) in [5.41, 5.74) is -0.971. The van der Waals surface area contributed by atoms with Crippen molar-refractivity contribution >= 4 is 24.3 Å². The predicted molar refractivity (Wildman–Crippen MR) is 95.0 cm³/mol. The van der Waals surface area contributed by atoms with E-state index in [0.717, 1.165) is 38.1 Å². The molecule has 2 aromatic rings. The second-order valence-electron chi connectivity index (χ2n) is 6.22. The van der Waals surface area contributed by atoms with E-state index in [1.807, 2.05) is 0 Å². The van der Waals surface area contributed by atoms with Crippen LogP contribution in [0.4, 0.5) is 19.1 Å². The van der Waals surface area contributed by atoms with Crippen LogP contribution in [0.25, 0.3) is 0 Å². The zero-order chi connectivity index (χ0) is 18.9. The molecule has 2 aromatic heterocycles. The van der Waals surface area contributed by atoms with Crippen molar-refractivity contribution in [2.24, 2.45) is 7.05 Å². The average molecular weight is 405 g/mol. The van der Waals surface area contributed by atoms with Crippen molar-refractivity contribution in [1.82, 2.24) is 25.1 Å². The number of nitrogens with zero attached hydrogens (tertiary/aromatic N) is 4. The number of aryl methyl sites for hydroxylation is 2. The minimum atomic E-state index is -4.55.